The fourth-order valence-electron chi connectivity index (χ4n) is 3.31. The van der Waals surface area contributed by atoms with E-state index in [2.05, 4.69) is 5.10 Å². The van der Waals surface area contributed by atoms with Crippen LogP contribution in [0.4, 0.5) is 0 Å². The highest BCUT2D eigenvalue weighted by molar-refractivity contribution is 5.38. The fourth-order valence-corrected chi connectivity index (χ4v) is 3.31. The quantitative estimate of drug-likeness (QED) is 0.465. The molecule has 0 aliphatic carbocycles. The van der Waals surface area contributed by atoms with Gasteiger partial charge in [-0.15, -0.1) is 5.10 Å². The van der Waals surface area contributed by atoms with Crippen LogP contribution >= 0.6 is 0 Å². The van der Waals surface area contributed by atoms with Crippen LogP contribution in [-0.2, 0) is 11.2 Å². The van der Waals surface area contributed by atoms with Crippen LogP contribution in [0.1, 0.15) is 64.1 Å². The van der Waals surface area contributed by atoms with Gasteiger partial charge in [-0.05, 0) is 52.1 Å². The van der Waals surface area contributed by atoms with E-state index in [0.29, 0.717) is 5.56 Å². The third kappa shape index (κ3) is 5.24. The Balaban J connectivity index is 2.02. The summed E-state index contributed by atoms with van der Waals surface area (Å²) in [6.07, 6.45) is -10.5. The summed E-state index contributed by atoms with van der Waals surface area (Å²) in [5, 5.41) is 44.4. The molecule has 1 aromatic heterocycles. The van der Waals surface area contributed by atoms with Crippen LogP contribution in [0.5, 0.6) is 11.6 Å². The van der Waals surface area contributed by atoms with Gasteiger partial charge in [-0.3, -0.25) is 4.68 Å². The normalized spacial score (nSPS) is 32.2. The van der Waals surface area contributed by atoms with Crippen molar-refractivity contribution in [3.63, 3.8) is 0 Å². The first-order chi connectivity index (χ1) is 19.1. The second-order valence-electron chi connectivity index (χ2n) is 7.63. The molecular weight excluding hydrogens is 416 g/mol. The summed E-state index contributed by atoms with van der Waals surface area (Å²) < 4.78 is 95.1. The van der Waals surface area contributed by atoms with Crippen molar-refractivity contribution in [3.8, 4) is 11.6 Å². The molecule has 0 radical (unpaired) electrons. The van der Waals surface area contributed by atoms with Gasteiger partial charge in [0.1, 0.15) is 30.2 Å². The Bertz CT molecular complexity index is 1190. The van der Waals surface area contributed by atoms with Crippen molar-refractivity contribution in [1.29, 1.82) is 0 Å². The van der Waals surface area contributed by atoms with Crippen LogP contribution in [0, 0.1) is 6.85 Å². The van der Waals surface area contributed by atoms with Gasteiger partial charge in [-0.1, -0.05) is 12.1 Å². The summed E-state index contributed by atoms with van der Waals surface area (Å²) in [4.78, 5) is 0. The highest BCUT2D eigenvalue weighted by atomic mass is 16.7. The SMILES string of the molecule is [2H]C([2H])([2H])c1c(Cc2ccc(OC(C([2H])([2H])[2H])C([2H])([2H])[2H])cc2)c(O[C@@H]2O[C@H](CO)[C@@H](O)[C@H](O)[C@H]2O)nn1C([2H])(C)C. The number of benzene rings is 1. The smallest absolute Gasteiger partial charge is 0.239 e. The van der Waals surface area contributed by atoms with Gasteiger partial charge in [-0.25, -0.2) is 0 Å². The molecule has 1 saturated heterocycles. The minimum absolute atomic E-state index is 0.0381. The van der Waals surface area contributed by atoms with Crippen molar-refractivity contribution >= 4 is 0 Å². The molecule has 0 unspecified atom stereocenters. The summed E-state index contributed by atoms with van der Waals surface area (Å²) in [6.45, 7) is -6.65. The zero-order valence-corrected chi connectivity index (χ0v) is 17.6. The van der Waals surface area contributed by atoms with Gasteiger partial charge in [-0.2, -0.15) is 0 Å². The third-order valence-corrected chi connectivity index (χ3v) is 5.00. The topological polar surface area (TPSA) is 126 Å². The molecule has 4 N–H and O–H groups in total. The van der Waals surface area contributed by atoms with E-state index in [1.54, 1.807) is 0 Å². The number of hydrogen-bond donors (Lipinski definition) is 4. The molecule has 0 spiro atoms. The Morgan fingerprint density at radius 2 is 1.88 bits per heavy atom. The zero-order chi connectivity index (χ0) is 32.0. The van der Waals surface area contributed by atoms with Crippen molar-refractivity contribution in [2.45, 2.75) is 83.7 Å². The molecule has 0 saturated carbocycles. The lowest BCUT2D eigenvalue weighted by atomic mass is 9.99. The van der Waals surface area contributed by atoms with Gasteiger partial charge < -0.3 is 34.6 Å². The molecule has 32 heavy (non-hydrogen) atoms. The molecule has 9 nitrogen and oxygen atoms in total. The first kappa shape index (κ1) is 14.2. The second kappa shape index (κ2) is 10.2. The number of aliphatic hydroxyl groups is 4. The van der Waals surface area contributed by atoms with Crippen LogP contribution in [0.2, 0.25) is 0 Å². The predicted molar refractivity (Wildman–Crippen MR) is 117 cm³/mol. The van der Waals surface area contributed by atoms with Crippen LogP contribution in [0.15, 0.2) is 24.3 Å². The standard InChI is InChI=1S/C23H34N2O7/c1-12(2)25-14(5)17(10-15-6-8-16(9-7-15)30-13(3)4)22(24-25)32-23-21(29)20(28)19(27)18(11-26)31-23/h6-9,12-13,18-21,23,26-29H,10-11H2,1-5H3/t18-,19-,20+,21-,23+/m1/s1/i3D3,4D3,5D3,12D. The molecule has 0 amide bonds. The van der Waals surface area contributed by atoms with E-state index in [4.69, 9.17) is 27.9 Å². The molecular formula is C23H34N2O7. The Morgan fingerprint density at radius 1 is 1.16 bits per heavy atom. The molecule has 9 heteroatoms. The van der Waals surface area contributed by atoms with Gasteiger partial charge in [0.25, 0.3) is 0 Å². The van der Waals surface area contributed by atoms with Crippen molar-refractivity contribution in [2.24, 2.45) is 0 Å². The van der Waals surface area contributed by atoms with Crippen molar-refractivity contribution in [2.75, 3.05) is 6.61 Å². The van der Waals surface area contributed by atoms with E-state index < -0.39 is 70.0 Å². The van der Waals surface area contributed by atoms with E-state index in [1.165, 1.54) is 38.1 Å². The monoisotopic (exact) mass is 460 g/mol. The third-order valence-electron chi connectivity index (χ3n) is 5.00. The van der Waals surface area contributed by atoms with E-state index in [-0.39, 0.29) is 29.3 Å². The molecule has 1 aliphatic heterocycles. The first-order valence-corrected chi connectivity index (χ1v) is 9.91. The van der Waals surface area contributed by atoms with Crippen molar-refractivity contribution in [3.05, 3.63) is 41.1 Å². The van der Waals surface area contributed by atoms with E-state index in [9.17, 15) is 20.4 Å². The summed E-state index contributed by atoms with van der Waals surface area (Å²) in [5.74, 6) is -0.427. The summed E-state index contributed by atoms with van der Waals surface area (Å²) in [5.41, 5.74) is 0.0178. The van der Waals surface area contributed by atoms with Gasteiger partial charge in [0.05, 0.1) is 14.1 Å². The average Bonchev–Trinajstić information content (AvgIpc) is 3.21. The maximum Gasteiger partial charge on any atom is 0.239 e. The summed E-state index contributed by atoms with van der Waals surface area (Å²) in [6, 6.07) is 3.90. The zero-order valence-electron chi connectivity index (χ0n) is 27.6. The predicted octanol–water partition coefficient (Wildman–Crippen LogP) is 1.33. The molecule has 2 aromatic rings. The molecule has 178 valence electrons. The highest BCUT2D eigenvalue weighted by Gasteiger charge is 2.45. The van der Waals surface area contributed by atoms with Gasteiger partial charge in [0.15, 0.2) is 0 Å². The first-order valence-electron chi connectivity index (χ1n) is 14.9. The van der Waals surface area contributed by atoms with E-state index >= 15 is 0 Å². The van der Waals surface area contributed by atoms with E-state index in [1.807, 2.05) is 0 Å². The largest absolute Gasteiger partial charge is 0.491 e. The van der Waals surface area contributed by atoms with Crippen LogP contribution in [0.25, 0.3) is 0 Å². The second-order valence-corrected chi connectivity index (χ2v) is 7.63. The molecule has 0 bridgehead atoms. The lowest BCUT2D eigenvalue weighted by molar-refractivity contribution is -0.278. The molecule has 3 rings (SSSR count). The van der Waals surface area contributed by atoms with E-state index in [0.717, 1.165) is 4.68 Å². The lowest BCUT2D eigenvalue weighted by Crippen LogP contribution is -2.60. The lowest BCUT2D eigenvalue weighted by Gasteiger charge is -2.39. The van der Waals surface area contributed by atoms with Crippen LogP contribution < -0.4 is 9.47 Å². The molecule has 1 aromatic carbocycles. The molecule has 1 fully saturated rings. The Hall–Kier alpha value is -2.17. The number of nitrogens with zero attached hydrogens (tertiary/aromatic N) is 2. The maximum absolute atomic E-state index is 10.5. The van der Waals surface area contributed by atoms with Crippen molar-refractivity contribution in [1.82, 2.24) is 9.78 Å². The number of hydrogen-bond acceptors (Lipinski definition) is 8. The minimum Gasteiger partial charge on any atom is -0.491 e. The number of rotatable bonds is 8. The Morgan fingerprint density at radius 3 is 2.47 bits per heavy atom. The van der Waals surface area contributed by atoms with Gasteiger partial charge in [0, 0.05) is 36.0 Å². The number of aromatic nitrogens is 2. The fraction of sp³-hybridized carbons (Fsp3) is 0.609. The summed E-state index contributed by atoms with van der Waals surface area (Å²) in [7, 11) is 0. The molecule has 5 atom stereocenters. The maximum atomic E-state index is 10.5. The molecule has 2 heterocycles. The van der Waals surface area contributed by atoms with Crippen LogP contribution in [0.3, 0.4) is 0 Å². The van der Waals surface area contributed by atoms with Crippen molar-refractivity contribution < 1.29 is 48.3 Å². The summed E-state index contributed by atoms with van der Waals surface area (Å²) >= 11 is 0. The molecule has 1 aliphatic rings. The average molecular weight is 461 g/mol. The Labute approximate surface area is 202 Å². The number of ether oxygens (including phenoxy) is 3. The minimum atomic E-state index is -2.94. The van der Waals surface area contributed by atoms with Crippen LogP contribution in [-0.4, -0.2) is 73.6 Å². The number of aliphatic hydroxyl groups excluding tert-OH is 4. The Kier molecular flexibility index (Phi) is 4.51. The van der Waals surface area contributed by atoms with Gasteiger partial charge in [0.2, 0.25) is 12.2 Å². The van der Waals surface area contributed by atoms with Gasteiger partial charge >= 0.3 is 0 Å². The highest BCUT2D eigenvalue weighted by Crippen LogP contribution is 2.31.